The van der Waals surface area contributed by atoms with Crippen molar-refractivity contribution in [3.05, 3.63) is 136 Å². The Morgan fingerprint density at radius 1 is 0.875 bits per heavy atom. The normalized spacial score (nSPS) is 11.6. The maximum Gasteiger partial charge on any atom is 0.252 e. The molecule has 0 fully saturated rings. The number of ether oxygens (including phenoxy) is 1. The van der Waals surface area contributed by atoms with Gasteiger partial charge in [-0.3, -0.25) is 4.79 Å². The molecule has 0 aliphatic rings. The van der Waals surface area contributed by atoms with Crippen molar-refractivity contribution in [3.8, 4) is 5.75 Å². The van der Waals surface area contributed by atoms with E-state index in [0.717, 1.165) is 22.3 Å². The van der Waals surface area contributed by atoms with Crippen LogP contribution in [0.4, 0.5) is 0 Å². The van der Waals surface area contributed by atoms with Gasteiger partial charge < -0.3 is 10.1 Å². The summed E-state index contributed by atoms with van der Waals surface area (Å²) < 4.78 is 5.89. The summed E-state index contributed by atoms with van der Waals surface area (Å²) in [6.45, 7) is 2.39. The van der Waals surface area contributed by atoms with Crippen LogP contribution in [0, 0.1) is 6.92 Å². The van der Waals surface area contributed by atoms with Crippen LogP contribution in [-0.2, 0) is 6.61 Å². The third-order valence-electron chi connectivity index (χ3n) is 5.36. The van der Waals surface area contributed by atoms with Gasteiger partial charge >= 0.3 is 0 Å². The minimum absolute atomic E-state index is 0.162. The summed E-state index contributed by atoms with van der Waals surface area (Å²) in [5, 5.41) is 3.86. The van der Waals surface area contributed by atoms with Gasteiger partial charge in [0.05, 0.1) is 6.04 Å². The lowest BCUT2D eigenvalue weighted by molar-refractivity contribution is 0.0942. The van der Waals surface area contributed by atoms with Gasteiger partial charge in [-0.25, -0.2) is 0 Å². The second-order valence-electron chi connectivity index (χ2n) is 7.58. The van der Waals surface area contributed by atoms with Crippen molar-refractivity contribution in [2.75, 3.05) is 0 Å². The topological polar surface area (TPSA) is 38.3 Å². The fraction of sp³-hybridized carbons (Fsp3) is 0.107. The van der Waals surface area contributed by atoms with Crippen molar-refractivity contribution < 1.29 is 9.53 Å². The lowest BCUT2D eigenvalue weighted by Crippen LogP contribution is -2.29. The molecule has 0 aliphatic heterocycles. The molecule has 1 amide bonds. The Morgan fingerprint density at radius 3 is 2.38 bits per heavy atom. The number of nitrogens with one attached hydrogen (secondary N) is 1. The lowest BCUT2D eigenvalue weighted by atomic mass is 9.94. The number of carbonyl (C=O) groups is 1. The zero-order valence-electron chi connectivity index (χ0n) is 17.8. The quantitative estimate of drug-likeness (QED) is 0.344. The standard InChI is InChI=1S/C28H24ClNO2/c1-20-10-5-7-16-25(20)27(21-11-3-2-4-12-21)30-28(31)22-14-9-15-24(18-22)32-19-23-13-6-8-17-26(23)29/h2-18,27H,19H2,1H3,(H,30,31). The predicted octanol–water partition coefficient (Wildman–Crippen LogP) is 6.75. The zero-order chi connectivity index (χ0) is 22.3. The molecule has 1 atom stereocenters. The van der Waals surface area contributed by atoms with Crippen LogP contribution >= 0.6 is 11.6 Å². The molecule has 0 aliphatic carbocycles. The molecule has 160 valence electrons. The van der Waals surface area contributed by atoms with Crippen molar-refractivity contribution in [2.45, 2.75) is 19.6 Å². The zero-order valence-corrected chi connectivity index (χ0v) is 18.5. The summed E-state index contributed by atoms with van der Waals surface area (Å²) >= 11 is 6.21. The van der Waals surface area contributed by atoms with Crippen LogP contribution in [0.2, 0.25) is 5.02 Å². The Bertz CT molecular complexity index is 1210. The van der Waals surface area contributed by atoms with E-state index in [9.17, 15) is 4.79 Å². The van der Waals surface area contributed by atoms with E-state index < -0.39 is 0 Å². The average molecular weight is 442 g/mol. The lowest BCUT2D eigenvalue weighted by Gasteiger charge is -2.22. The van der Waals surface area contributed by atoms with Crippen molar-refractivity contribution in [1.82, 2.24) is 5.32 Å². The summed E-state index contributed by atoms with van der Waals surface area (Å²) in [7, 11) is 0. The van der Waals surface area contributed by atoms with Gasteiger partial charge in [0, 0.05) is 16.1 Å². The van der Waals surface area contributed by atoms with Gasteiger partial charge in [0.15, 0.2) is 0 Å². The molecule has 4 aromatic carbocycles. The highest BCUT2D eigenvalue weighted by molar-refractivity contribution is 6.31. The second-order valence-corrected chi connectivity index (χ2v) is 7.99. The van der Waals surface area contributed by atoms with E-state index in [-0.39, 0.29) is 11.9 Å². The van der Waals surface area contributed by atoms with Crippen LogP contribution < -0.4 is 10.1 Å². The van der Waals surface area contributed by atoms with Gasteiger partial charge in [-0.2, -0.15) is 0 Å². The van der Waals surface area contributed by atoms with Crippen molar-refractivity contribution in [1.29, 1.82) is 0 Å². The van der Waals surface area contributed by atoms with Crippen LogP contribution in [-0.4, -0.2) is 5.91 Å². The molecule has 4 aromatic rings. The molecule has 0 saturated heterocycles. The molecule has 0 radical (unpaired) electrons. The van der Waals surface area contributed by atoms with Gasteiger partial charge in [-0.15, -0.1) is 0 Å². The van der Waals surface area contributed by atoms with E-state index >= 15 is 0 Å². The number of rotatable bonds is 7. The number of amides is 1. The number of carbonyl (C=O) groups excluding carboxylic acids is 1. The molecule has 0 aromatic heterocycles. The van der Waals surface area contributed by atoms with E-state index in [4.69, 9.17) is 16.3 Å². The first-order valence-electron chi connectivity index (χ1n) is 10.5. The fourth-order valence-electron chi connectivity index (χ4n) is 3.61. The Kier molecular flexibility index (Phi) is 6.88. The van der Waals surface area contributed by atoms with E-state index in [2.05, 4.69) is 24.4 Å². The Labute approximate surface area is 193 Å². The molecule has 4 rings (SSSR count). The minimum atomic E-state index is -0.252. The first-order valence-corrected chi connectivity index (χ1v) is 10.9. The summed E-state index contributed by atoms with van der Waals surface area (Å²) in [6, 6.07) is 32.6. The van der Waals surface area contributed by atoms with Gasteiger partial charge in [0.1, 0.15) is 12.4 Å². The minimum Gasteiger partial charge on any atom is -0.489 e. The molecule has 1 N–H and O–H groups in total. The number of aryl methyl sites for hydroxylation is 1. The Morgan fingerprint density at radius 2 is 1.59 bits per heavy atom. The molecule has 3 nitrogen and oxygen atoms in total. The van der Waals surface area contributed by atoms with Crippen LogP contribution in [0.15, 0.2) is 103 Å². The van der Waals surface area contributed by atoms with Crippen LogP contribution in [0.1, 0.15) is 38.7 Å². The molecule has 0 heterocycles. The first kappa shape index (κ1) is 21.7. The Balaban J connectivity index is 1.54. The summed E-state index contributed by atoms with van der Waals surface area (Å²) in [4.78, 5) is 13.2. The highest BCUT2D eigenvalue weighted by Gasteiger charge is 2.19. The molecule has 1 unspecified atom stereocenters. The molecule has 0 bridgehead atoms. The third kappa shape index (κ3) is 5.19. The molecule has 4 heteroatoms. The van der Waals surface area contributed by atoms with Crippen LogP contribution in [0.5, 0.6) is 5.75 Å². The highest BCUT2D eigenvalue weighted by atomic mass is 35.5. The average Bonchev–Trinajstić information content (AvgIpc) is 2.83. The number of hydrogen-bond donors (Lipinski definition) is 1. The molecule has 0 spiro atoms. The van der Waals surface area contributed by atoms with E-state index in [1.54, 1.807) is 12.1 Å². The van der Waals surface area contributed by atoms with Gasteiger partial charge in [-0.1, -0.05) is 90.5 Å². The summed E-state index contributed by atoms with van der Waals surface area (Å²) in [5.41, 5.74) is 4.65. The van der Waals surface area contributed by atoms with Crippen molar-refractivity contribution in [2.24, 2.45) is 0 Å². The van der Waals surface area contributed by atoms with Crippen LogP contribution in [0.3, 0.4) is 0 Å². The maximum absolute atomic E-state index is 13.2. The second kappa shape index (κ2) is 10.2. The van der Waals surface area contributed by atoms with E-state index in [1.165, 1.54) is 0 Å². The molecular weight excluding hydrogens is 418 g/mol. The van der Waals surface area contributed by atoms with Gasteiger partial charge in [0.2, 0.25) is 0 Å². The highest BCUT2D eigenvalue weighted by Crippen LogP contribution is 2.26. The molecule has 32 heavy (non-hydrogen) atoms. The molecular formula is C28H24ClNO2. The SMILES string of the molecule is Cc1ccccc1C(NC(=O)c1cccc(OCc2ccccc2Cl)c1)c1ccccc1. The summed E-state index contributed by atoms with van der Waals surface area (Å²) in [6.07, 6.45) is 0. The van der Waals surface area contributed by atoms with Gasteiger partial charge in [-0.05, 0) is 47.9 Å². The van der Waals surface area contributed by atoms with E-state index in [0.29, 0.717) is 22.9 Å². The molecule has 0 saturated carbocycles. The third-order valence-corrected chi connectivity index (χ3v) is 5.72. The van der Waals surface area contributed by atoms with Gasteiger partial charge in [0.25, 0.3) is 5.91 Å². The largest absolute Gasteiger partial charge is 0.489 e. The number of halogens is 1. The van der Waals surface area contributed by atoms with Crippen molar-refractivity contribution >= 4 is 17.5 Å². The first-order chi connectivity index (χ1) is 15.6. The van der Waals surface area contributed by atoms with Crippen LogP contribution in [0.25, 0.3) is 0 Å². The smallest absolute Gasteiger partial charge is 0.252 e. The monoisotopic (exact) mass is 441 g/mol. The number of hydrogen-bond acceptors (Lipinski definition) is 2. The Hall–Kier alpha value is -3.56. The predicted molar refractivity (Wildman–Crippen MR) is 129 cm³/mol. The number of benzene rings is 4. The maximum atomic E-state index is 13.2. The van der Waals surface area contributed by atoms with E-state index in [1.807, 2.05) is 78.9 Å². The fourth-order valence-corrected chi connectivity index (χ4v) is 3.81. The summed E-state index contributed by atoms with van der Waals surface area (Å²) in [5.74, 6) is 0.454. The van der Waals surface area contributed by atoms with Crippen molar-refractivity contribution in [3.63, 3.8) is 0 Å².